The standard InChI is InChI=1S/C27H44O5/c1-23(31-22-25-17-11-9-12-18-25)16-10-7-5-3-4-6-8-13-19-26(32-24(2)28)20-14-15-21-27(29)30/h9,11-12,17-18,23,26H,3-8,10,13-16,19-22H2,1-2H3,(H,29,30). The molecule has 0 saturated carbocycles. The van der Waals surface area contributed by atoms with Crippen molar-refractivity contribution in [2.45, 2.75) is 123 Å². The molecule has 1 N–H and O–H groups in total. The summed E-state index contributed by atoms with van der Waals surface area (Å²) in [6, 6.07) is 10.3. The highest BCUT2D eigenvalue weighted by Gasteiger charge is 2.12. The number of aliphatic carboxylic acids is 1. The van der Waals surface area contributed by atoms with Crippen molar-refractivity contribution in [2.24, 2.45) is 0 Å². The Morgan fingerprint density at radius 1 is 0.812 bits per heavy atom. The Bertz CT molecular complexity index is 601. The molecule has 1 aromatic rings. The van der Waals surface area contributed by atoms with Crippen LogP contribution in [0.5, 0.6) is 0 Å². The summed E-state index contributed by atoms with van der Waals surface area (Å²) in [4.78, 5) is 21.9. The number of unbranched alkanes of at least 4 members (excludes halogenated alkanes) is 8. The number of benzene rings is 1. The molecule has 0 saturated heterocycles. The minimum absolute atomic E-state index is 0.0626. The molecule has 2 atom stereocenters. The lowest BCUT2D eigenvalue weighted by atomic mass is 10.0. The number of carboxylic acid groups (broad SMARTS) is 1. The minimum atomic E-state index is -0.764. The fourth-order valence-electron chi connectivity index (χ4n) is 3.91. The van der Waals surface area contributed by atoms with Gasteiger partial charge in [0.25, 0.3) is 0 Å². The van der Waals surface area contributed by atoms with Gasteiger partial charge in [-0.1, -0.05) is 75.3 Å². The van der Waals surface area contributed by atoms with Crippen LogP contribution in [0.1, 0.15) is 109 Å². The lowest BCUT2D eigenvalue weighted by molar-refractivity contribution is -0.147. The third-order valence-electron chi connectivity index (χ3n) is 5.76. The molecule has 2 unspecified atom stereocenters. The van der Waals surface area contributed by atoms with E-state index in [0.717, 1.165) is 38.5 Å². The highest BCUT2D eigenvalue weighted by atomic mass is 16.5. The number of carbonyl (C=O) groups is 2. The minimum Gasteiger partial charge on any atom is -0.481 e. The summed E-state index contributed by atoms with van der Waals surface area (Å²) in [7, 11) is 0. The monoisotopic (exact) mass is 448 g/mol. The third kappa shape index (κ3) is 16.8. The largest absolute Gasteiger partial charge is 0.481 e. The van der Waals surface area contributed by atoms with Crippen molar-refractivity contribution >= 4 is 11.9 Å². The zero-order valence-electron chi connectivity index (χ0n) is 20.2. The molecule has 0 fully saturated rings. The molecule has 5 nitrogen and oxygen atoms in total. The number of carboxylic acids is 1. The molecule has 182 valence electrons. The Balaban J connectivity index is 1.95. The van der Waals surface area contributed by atoms with Crippen LogP contribution in [0, 0.1) is 0 Å². The molecule has 0 bridgehead atoms. The first-order valence-electron chi connectivity index (χ1n) is 12.5. The van der Waals surface area contributed by atoms with Gasteiger partial charge in [0.2, 0.25) is 0 Å². The van der Waals surface area contributed by atoms with Gasteiger partial charge >= 0.3 is 11.9 Å². The van der Waals surface area contributed by atoms with Crippen molar-refractivity contribution in [3.8, 4) is 0 Å². The first-order valence-corrected chi connectivity index (χ1v) is 12.5. The molecule has 0 radical (unpaired) electrons. The molecule has 0 spiro atoms. The zero-order valence-corrected chi connectivity index (χ0v) is 20.2. The van der Waals surface area contributed by atoms with Gasteiger partial charge in [0.05, 0.1) is 12.7 Å². The zero-order chi connectivity index (χ0) is 23.4. The van der Waals surface area contributed by atoms with E-state index < -0.39 is 5.97 Å². The van der Waals surface area contributed by atoms with Gasteiger partial charge in [-0.15, -0.1) is 0 Å². The normalized spacial score (nSPS) is 12.9. The van der Waals surface area contributed by atoms with E-state index in [2.05, 4.69) is 19.1 Å². The van der Waals surface area contributed by atoms with E-state index >= 15 is 0 Å². The first-order chi connectivity index (χ1) is 15.5. The van der Waals surface area contributed by atoms with E-state index in [-0.39, 0.29) is 18.5 Å². The van der Waals surface area contributed by atoms with Crippen molar-refractivity contribution in [1.82, 2.24) is 0 Å². The van der Waals surface area contributed by atoms with Crippen LogP contribution in [0.3, 0.4) is 0 Å². The average Bonchev–Trinajstić information content (AvgIpc) is 2.76. The Kier molecular flexibility index (Phi) is 16.4. The van der Waals surface area contributed by atoms with E-state index in [1.165, 1.54) is 51.0 Å². The lowest BCUT2D eigenvalue weighted by Crippen LogP contribution is -2.16. The maximum Gasteiger partial charge on any atom is 0.303 e. The van der Waals surface area contributed by atoms with Gasteiger partial charge in [-0.2, -0.15) is 0 Å². The predicted octanol–water partition coefficient (Wildman–Crippen LogP) is 7.07. The predicted molar refractivity (Wildman–Crippen MR) is 129 cm³/mol. The smallest absolute Gasteiger partial charge is 0.303 e. The molecule has 0 amide bonds. The van der Waals surface area contributed by atoms with Crippen molar-refractivity contribution in [2.75, 3.05) is 0 Å². The summed E-state index contributed by atoms with van der Waals surface area (Å²) in [5.41, 5.74) is 1.23. The quantitative estimate of drug-likeness (QED) is 0.171. The van der Waals surface area contributed by atoms with Crippen molar-refractivity contribution in [1.29, 1.82) is 0 Å². The van der Waals surface area contributed by atoms with Gasteiger partial charge in [-0.25, -0.2) is 0 Å². The summed E-state index contributed by atoms with van der Waals surface area (Å²) in [6.07, 6.45) is 14.4. The Labute approximate surface area is 194 Å². The van der Waals surface area contributed by atoms with E-state index in [9.17, 15) is 9.59 Å². The SMILES string of the molecule is CC(=O)OC(CCCCCCCCCCC(C)OCc1ccccc1)CCCCC(=O)O. The summed E-state index contributed by atoms with van der Waals surface area (Å²) in [5, 5.41) is 8.71. The van der Waals surface area contributed by atoms with Crippen LogP contribution in [0.25, 0.3) is 0 Å². The van der Waals surface area contributed by atoms with Crippen LogP contribution < -0.4 is 0 Å². The van der Waals surface area contributed by atoms with E-state index in [1.807, 2.05) is 18.2 Å². The van der Waals surface area contributed by atoms with Crippen LogP contribution in [-0.4, -0.2) is 29.3 Å². The Hall–Kier alpha value is -1.88. The molecule has 32 heavy (non-hydrogen) atoms. The van der Waals surface area contributed by atoms with Crippen molar-refractivity contribution in [3.63, 3.8) is 0 Å². The Morgan fingerprint density at radius 3 is 1.91 bits per heavy atom. The molecular weight excluding hydrogens is 404 g/mol. The molecule has 0 aliphatic carbocycles. The highest BCUT2D eigenvalue weighted by Crippen LogP contribution is 2.17. The molecule has 1 rings (SSSR count). The highest BCUT2D eigenvalue weighted by molar-refractivity contribution is 5.66. The average molecular weight is 449 g/mol. The fraction of sp³-hybridized carbons (Fsp3) is 0.704. The summed E-state index contributed by atoms with van der Waals surface area (Å²) in [6.45, 7) is 4.31. The second kappa shape index (κ2) is 18.7. The van der Waals surface area contributed by atoms with Gasteiger partial charge in [0.1, 0.15) is 6.10 Å². The number of carbonyl (C=O) groups excluding carboxylic acids is 1. The second-order valence-corrected chi connectivity index (χ2v) is 8.88. The molecule has 0 aliphatic rings. The van der Waals surface area contributed by atoms with Crippen LogP contribution in [0.15, 0.2) is 30.3 Å². The van der Waals surface area contributed by atoms with E-state index in [1.54, 1.807) is 0 Å². The van der Waals surface area contributed by atoms with E-state index in [0.29, 0.717) is 19.1 Å². The number of ether oxygens (including phenoxy) is 2. The first kappa shape index (κ1) is 28.2. The number of hydrogen-bond donors (Lipinski definition) is 1. The maximum atomic E-state index is 11.3. The molecular formula is C27H44O5. The van der Waals surface area contributed by atoms with Gasteiger partial charge in [-0.3, -0.25) is 9.59 Å². The van der Waals surface area contributed by atoms with Crippen LogP contribution >= 0.6 is 0 Å². The number of rotatable bonds is 20. The van der Waals surface area contributed by atoms with Crippen molar-refractivity contribution < 1.29 is 24.2 Å². The lowest BCUT2D eigenvalue weighted by Gasteiger charge is -2.16. The Morgan fingerprint density at radius 2 is 1.34 bits per heavy atom. The van der Waals surface area contributed by atoms with Crippen LogP contribution in [0.2, 0.25) is 0 Å². The molecule has 0 heterocycles. The number of esters is 1. The van der Waals surface area contributed by atoms with Gasteiger partial charge in [0.15, 0.2) is 0 Å². The van der Waals surface area contributed by atoms with E-state index in [4.69, 9.17) is 14.6 Å². The molecule has 0 aliphatic heterocycles. The topological polar surface area (TPSA) is 72.8 Å². The third-order valence-corrected chi connectivity index (χ3v) is 5.76. The molecule has 1 aromatic carbocycles. The summed E-state index contributed by atoms with van der Waals surface area (Å²) < 4.78 is 11.3. The maximum absolute atomic E-state index is 11.3. The van der Waals surface area contributed by atoms with Crippen molar-refractivity contribution in [3.05, 3.63) is 35.9 Å². The van der Waals surface area contributed by atoms with Crippen LogP contribution in [-0.2, 0) is 25.7 Å². The number of hydrogen-bond acceptors (Lipinski definition) is 4. The van der Waals surface area contributed by atoms with Gasteiger partial charge in [0, 0.05) is 13.3 Å². The molecule has 5 heteroatoms. The summed E-state index contributed by atoms with van der Waals surface area (Å²) >= 11 is 0. The van der Waals surface area contributed by atoms with Crippen LogP contribution in [0.4, 0.5) is 0 Å². The van der Waals surface area contributed by atoms with Gasteiger partial charge < -0.3 is 14.6 Å². The second-order valence-electron chi connectivity index (χ2n) is 8.88. The summed E-state index contributed by atoms with van der Waals surface area (Å²) in [5.74, 6) is -1.01. The van der Waals surface area contributed by atoms with Gasteiger partial charge in [-0.05, 0) is 51.0 Å². The fourth-order valence-corrected chi connectivity index (χ4v) is 3.91. The molecule has 0 aromatic heterocycles.